The minimum Gasteiger partial charge on any atom is -0.487 e. The highest BCUT2D eigenvalue weighted by Gasteiger charge is 1.99. The molecule has 0 atom stereocenters. The fourth-order valence-electron chi connectivity index (χ4n) is 1.29. The van der Waals surface area contributed by atoms with Gasteiger partial charge in [0.25, 0.3) is 0 Å². The zero-order valence-corrected chi connectivity index (χ0v) is 9.50. The first-order valence-electron chi connectivity index (χ1n) is 5.22. The maximum Gasteiger partial charge on any atom is 0.158 e. The van der Waals surface area contributed by atoms with E-state index < -0.39 is 0 Å². The van der Waals surface area contributed by atoms with Crippen molar-refractivity contribution in [1.82, 2.24) is 9.97 Å². The van der Waals surface area contributed by atoms with Crippen LogP contribution in [-0.4, -0.2) is 9.97 Å². The van der Waals surface area contributed by atoms with Crippen molar-refractivity contribution in [2.45, 2.75) is 6.61 Å². The molecule has 0 aliphatic carbocycles. The summed E-state index contributed by atoms with van der Waals surface area (Å²) in [6.45, 7) is 0.309. The smallest absolute Gasteiger partial charge is 0.158 e. The van der Waals surface area contributed by atoms with Crippen molar-refractivity contribution in [3.8, 4) is 11.8 Å². The number of nitrogens with zero attached hydrogens (tertiary/aromatic N) is 3. The zero-order chi connectivity index (χ0) is 12.8. The molecule has 0 radical (unpaired) electrons. The van der Waals surface area contributed by atoms with Gasteiger partial charge in [0.2, 0.25) is 0 Å². The van der Waals surface area contributed by atoms with Gasteiger partial charge in [0.05, 0.1) is 29.7 Å². The van der Waals surface area contributed by atoms with Gasteiger partial charge in [-0.2, -0.15) is 5.26 Å². The Morgan fingerprint density at radius 2 is 2.00 bits per heavy atom. The van der Waals surface area contributed by atoms with Crippen LogP contribution in [0.5, 0.6) is 5.75 Å². The molecule has 3 N–H and O–H groups in total. The summed E-state index contributed by atoms with van der Waals surface area (Å²) in [5.41, 5.74) is 3.69. The summed E-state index contributed by atoms with van der Waals surface area (Å²) >= 11 is 0. The highest BCUT2D eigenvalue weighted by Crippen LogP contribution is 2.13. The van der Waals surface area contributed by atoms with Crippen LogP contribution in [0, 0.1) is 11.3 Å². The van der Waals surface area contributed by atoms with Gasteiger partial charge in [-0.3, -0.25) is 4.98 Å². The molecule has 18 heavy (non-hydrogen) atoms. The van der Waals surface area contributed by atoms with Crippen LogP contribution in [0.1, 0.15) is 11.3 Å². The Labute approximate surface area is 104 Å². The van der Waals surface area contributed by atoms with Crippen molar-refractivity contribution < 1.29 is 4.74 Å². The number of hydrazine groups is 1. The maximum atomic E-state index is 8.66. The molecule has 2 rings (SSSR count). The largest absolute Gasteiger partial charge is 0.487 e. The Bertz CT molecular complexity index is 544. The van der Waals surface area contributed by atoms with E-state index in [0.29, 0.717) is 29.4 Å². The molecule has 2 aromatic rings. The van der Waals surface area contributed by atoms with E-state index in [9.17, 15) is 0 Å². The standard InChI is InChI=1S/C12H11N5O/c13-5-9-1-3-11(4-2-9)18-8-10-6-16-12(17-14)7-15-10/h1-4,6-7H,8,14H2,(H,16,17). The molecule has 0 saturated heterocycles. The number of ether oxygens (including phenoxy) is 1. The predicted octanol–water partition coefficient (Wildman–Crippen LogP) is 1.21. The number of hydrogen-bond donors (Lipinski definition) is 2. The van der Waals surface area contributed by atoms with Gasteiger partial charge < -0.3 is 10.2 Å². The summed E-state index contributed by atoms with van der Waals surface area (Å²) in [7, 11) is 0. The second kappa shape index (κ2) is 5.61. The SMILES string of the molecule is N#Cc1ccc(OCc2cnc(NN)cn2)cc1. The van der Waals surface area contributed by atoms with Crippen LogP contribution in [-0.2, 0) is 6.61 Å². The minimum absolute atomic E-state index is 0.309. The number of nitrogen functional groups attached to an aromatic ring is 1. The van der Waals surface area contributed by atoms with Crippen LogP contribution in [0.4, 0.5) is 5.82 Å². The summed E-state index contributed by atoms with van der Waals surface area (Å²) in [6.07, 6.45) is 3.11. The number of nitrogens with one attached hydrogen (secondary N) is 1. The van der Waals surface area contributed by atoms with Crippen LogP contribution in [0.2, 0.25) is 0 Å². The summed E-state index contributed by atoms with van der Waals surface area (Å²) in [4.78, 5) is 8.13. The second-order valence-electron chi connectivity index (χ2n) is 3.46. The molecule has 6 nitrogen and oxygen atoms in total. The topological polar surface area (TPSA) is 96.8 Å². The third-order valence-corrected chi connectivity index (χ3v) is 2.22. The Morgan fingerprint density at radius 3 is 2.56 bits per heavy atom. The number of aromatic nitrogens is 2. The van der Waals surface area contributed by atoms with Crippen LogP contribution in [0.25, 0.3) is 0 Å². The lowest BCUT2D eigenvalue weighted by atomic mass is 10.2. The summed E-state index contributed by atoms with van der Waals surface area (Å²) in [5.74, 6) is 6.36. The van der Waals surface area contributed by atoms with Crippen molar-refractivity contribution in [3.05, 3.63) is 47.9 Å². The molecule has 1 aromatic heterocycles. The highest BCUT2D eigenvalue weighted by atomic mass is 16.5. The van der Waals surface area contributed by atoms with Gasteiger partial charge in [0.1, 0.15) is 12.4 Å². The molecular formula is C12H11N5O. The van der Waals surface area contributed by atoms with Crippen molar-refractivity contribution in [2.75, 3.05) is 5.43 Å². The molecule has 0 saturated carbocycles. The quantitative estimate of drug-likeness (QED) is 0.617. The van der Waals surface area contributed by atoms with E-state index in [2.05, 4.69) is 15.4 Å². The van der Waals surface area contributed by atoms with E-state index in [1.807, 2.05) is 6.07 Å². The van der Waals surface area contributed by atoms with Crippen LogP contribution < -0.4 is 16.0 Å². The number of anilines is 1. The van der Waals surface area contributed by atoms with Crippen molar-refractivity contribution in [3.63, 3.8) is 0 Å². The number of hydrogen-bond acceptors (Lipinski definition) is 6. The van der Waals surface area contributed by atoms with Crippen LogP contribution in [0.3, 0.4) is 0 Å². The van der Waals surface area contributed by atoms with Crippen LogP contribution in [0.15, 0.2) is 36.7 Å². The molecule has 1 heterocycles. The molecule has 1 aromatic carbocycles. The fourth-order valence-corrected chi connectivity index (χ4v) is 1.29. The third kappa shape index (κ3) is 2.93. The van der Waals surface area contributed by atoms with E-state index in [1.165, 1.54) is 6.20 Å². The summed E-state index contributed by atoms with van der Waals surface area (Å²) in [5, 5.41) is 8.66. The Kier molecular flexibility index (Phi) is 3.69. The fraction of sp³-hybridized carbons (Fsp3) is 0.0833. The van der Waals surface area contributed by atoms with Crippen molar-refractivity contribution >= 4 is 5.82 Å². The van der Waals surface area contributed by atoms with E-state index >= 15 is 0 Å². The number of nitrogens with two attached hydrogens (primary N) is 1. The molecule has 0 aliphatic heterocycles. The van der Waals surface area contributed by atoms with E-state index in [1.54, 1.807) is 30.5 Å². The molecule has 6 heteroatoms. The third-order valence-electron chi connectivity index (χ3n) is 2.22. The van der Waals surface area contributed by atoms with Crippen LogP contribution >= 0.6 is 0 Å². The molecule has 0 spiro atoms. The number of benzene rings is 1. The molecule has 0 bridgehead atoms. The van der Waals surface area contributed by atoms with Gasteiger partial charge in [0.15, 0.2) is 5.82 Å². The molecule has 90 valence electrons. The first kappa shape index (κ1) is 11.8. The van der Waals surface area contributed by atoms with E-state index in [0.717, 1.165) is 0 Å². The van der Waals surface area contributed by atoms with Gasteiger partial charge in [0, 0.05) is 0 Å². The Morgan fingerprint density at radius 1 is 1.22 bits per heavy atom. The monoisotopic (exact) mass is 241 g/mol. The Hall–Kier alpha value is -2.65. The van der Waals surface area contributed by atoms with E-state index in [4.69, 9.17) is 15.8 Å². The zero-order valence-electron chi connectivity index (χ0n) is 9.50. The summed E-state index contributed by atoms with van der Waals surface area (Å²) in [6, 6.07) is 8.91. The first-order chi connectivity index (χ1) is 8.81. The average Bonchev–Trinajstić information content (AvgIpc) is 2.46. The van der Waals surface area contributed by atoms with Crippen molar-refractivity contribution in [1.29, 1.82) is 5.26 Å². The lowest BCUT2D eigenvalue weighted by Crippen LogP contribution is -2.09. The molecule has 0 fully saturated rings. The van der Waals surface area contributed by atoms with Gasteiger partial charge >= 0.3 is 0 Å². The second-order valence-corrected chi connectivity index (χ2v) is 3.46. The lowest BCUT2D eigenvalue weighted by Gasteiger charge is -2.05. The van der Waals surface area contributed by atoms with Crippen molar-refractivity contribution in [2.24, 2.45) is 5.84 Å². The summed E-state index contributed by atoms with van der Waals surface area (Å²) < 4.78 is 5.50. The molecule has 0 unspecified atom stereocenters. The lowest BCUT2D eigenvalue weighted by molar-refractivity contribution is 0.301. The van der Waals surface area contributed by atoms with Gasteiger partial charge in [-0.05, 0) is 24.3 Å². The predicted molar refractivity (Wildman–Crippen MR) is 65.3 cm³/mol. The number of rotatable bonds is 4. The Balaban J connectivity index is 1.95. The molecule has 0 aliphatic rings. The maximum absolute atomic E-state index is 8.66. The first-order valence-corrected chi connectivity index (χ1v) is 5.22. The number of nitriles is 1. The molecular weight excluding hydrogens is 230 g/mol. The average molecular weight is 241 g/mol. The van der Waals surface area contributed by atoms with Gasteiger partial charge in [-0.1, -0.05) is 0 Å². The van der Waals surface area contributed by atoms with Gasteiger partial charge in [-0.25, -0.2) is 10.8 Å². The molecule has 0 amide bonds. The van der Waals surface area contributed by atoms with E-state index in [-0.39, 0.29) is 0 Å². The highest BCUT2D eigenvalue weighted by molar-refractivity contribution is 5.34. The minimum atomic E-state index is 0.309. The normalized spacial score (nSPS) is 9.56. The van der Waals surface area contributed by atoms with Gasteiger partial charge in [-0.15, -0.1) is 0 Å².